The Morgan fingerprint density at radius 1 is 1.21 bits per heavy atom. The van der Waals surface area contributed by atoms with Gasteiger partial charge in [0.15, 0.2) is 0 Å². The van der Waals surface area contributed by atoms with E-state index in [0.29, 0.717) is 24.5 Å². The van der Waals surface area contributed by atoms with E-state index in [2.05, 4.69) is 5.32 Å². The largest absolute Gasteiger partial charge is 0.396 e. The van der Waals surface area contributed by atoms with Crippen molar-refractivity contribution in [2.24, 2.45) is 11.8 Å². The minimum absolute atomic E-state index is 0.129. The Balaban J connectivity index is 1.61. The van der Waals surface area contributed by atoms with Crippen molar-refractivity contribution in [1.29, 1.82) is 0 Å². The molecule has 1 aromatic rings. The van der Waals surface area contributed by atoms with Crippen molar-refractivity contribution < 1.29 is 9.50 Å². The van der Waals surface area contributed by atoms with E-state index in [1.165, 1.54) is 18.4 Å². The Bertz CT molecular complexity index is 448. The van der Waals surface area contributed by atoms with Crippen LogP contribution in [0.5, 0.6) is 0 Å². The van der Waals surface area contributed by atoms with Crippen LogP contribution >= 0.6 is 0 Å². The molecule has 0 amide bonds. The van der Waals surface area contributed by atoms with E-state index in [0.717, 1.165) is 31.4 Å². The first-order valence-corrected chi connectivity index (χ1v) is 7.40. The van der Waals surface area contributed by atoms with Gasteiger partial charge in [0.25, 0.3) is 0 Å². The smallest absolute Gasteiger partial charge is 0.123 e. The Morgan fingerprint density at radius 3 is 2.89 bits per heavy atom. The van der Waals surface area contributed by atoms with Crippen LogP contribution in [0.2, 0.25) is 0 Å². The second kappa shape index (κ2) is 5.59. The standard InChI is InChI=1S/C16H22FNO/c17-14-5-6-15-11(8-14)4-7-16(15)18-9-12-2-1-3-13(12)10-19/h5-6,8,12-13,16,18-19H,1-4,7,9-10H2. The number of hydrogen-bond acceptors (Lipinski definition) is 2. The Kier molecular flexibility index (Phi) is 3.85. The normalized spacial score (nSPS) is 29.7. The van der Waals surface area contributed by atoms with Crippen LogP contribution in [0.15, 0.2) is 18.2 Å². The van der Waals surface area contributed by atoms with Crippen molar-refractivity contribution in [3.8, 4) is 0 Å². The van der Waals surface area contributed by atoms with E-state index in [4.69, 9.17) is 0 Å². The van der Waals surface area contributed by atoms with Crippen LogP contribution < -0.4 is 5.32 Å². The first-order valence-electron chi connectivity index (χ1n) is 7.40. The summed E-state index contributed by atoms with van der Waals surface area (Å²) in [6.07, 6.45) is 5.66. The zero-order valence-corrected chi connectivity index (χ0v) is 11.2. The Morgan fingerprint density at radius 2 is 2.05 bits per heavy atom. The van der Waals surface area contributed by atoms with E-state index in [-0.39, 0.29) is 5.82 Å². The molecule has 0 radical (unpaired) electrons. The van der Waals surface area contributed by atoms with Gasteiger partial charge in [-0.15, -0.1) is 0 Å². The highest BCUT2D eigenvalue weighted by molar-refractivity contribution is 5.34. The van der Waals surface area contributed by atoms with E-state index < -0.39 is 0 Å². The third-order valence-electron chi connectivity index (χ3n) is 4.86. The molecular weight excluding hydrogens is 241 g/mol. The van der Waals surface area contributed by atoms with Gasteiger partial charge in [-0.1, -0.05) is 12.5 Å². The fourth-order valence-corrected chi connectivity index (χ4v) is 3.71. The summed E-state index contributed by atoms with van der Waals surface area (Å²) in [5.74, 6) is 0.951. The highest BCUT2D eigenvalue weighted by atomic mass is 19.1. The fourth-order valence-electron chi connectivity index (χ4n) is 3.71. The molecule has 2 nitrogen and oxygen atoms in total. The van der Waals surface area contributed by atoms with Gasteiger partial charge in [-0.05, 0) is 67.3 Å². The van der Waals surface area contributed by atoms with Crippen molar-refractivity contribution in [1.82, 2.24) is 5.32 Å². The SMILES string of the molecule is OCC1CCCC1CNC1CCc2cc(F)ccc21. The van der Waals surface area contributed by atoms with Crippen molar-refractivity contribution >= 4 is 0 Å². The number of benzene rings is 1. The summed E-state index contributed by atoms with van der Waals surface area (Å²) >= 11 is 0. The maximum absolute atomic E-state index is 13.2. The molecule has 0 saturated heterocycles. The number of aliphatic hydroxyl groups excluding tert-OH is 1. The number of hydrogen-bond donors (Lipinski definition) is 2. The monoisotopic (exact) mass is 263 g/mol. The minimum Gasteiger partial charge on any atom is -0.396 e. The average Bonchev–Trinajstić information content (AvgIpc) is 3.01. The first-order chi connectivity index (χ1) is 9.28. The molecule has 3 atom stereocenters. The molecule has 0 aromatic heterocycles. The van der Waals surface area contributed by atoms with Crippen LogP contribution in [-0.2, 0) is 6.42 Å². The lowest BCUT2D eigenvalue weighted by Gasteiger charge is -2.21. The molecule has 2 N–H and O–H groups in total. The third kappa shape index (κ3) is 2.67. The van der Waals surface area contributed by atoms with Gasteiger partial charge in [0, 0.05) is 12.6 Å². The van der Waals surface area contributed by atoms with E-state index >= 15 is 0 Å². The van der Waals surface area contributed by atoms with Crippen molar-refractivity contribution in [2.45, 2.75) is 38.1 Å². The average molecular weight is 263 g/mol. The summed E-state index contributed by atoms with van der Waals surface area (Å²) in [5.41, 5.74) is 2.42. The second-order valence-corrected chi connectivity index (χ2v) is 5.98. The molecule has 1 aromatic carbocycles. The summed E-state index contributed by atoms with van der Waals surface area (Å²) in [5, 5.41) is 13.0. The lowest BCUT2D eigenvalue weighted by Crippen LogP contribution is -2.29. The number of aliphatic hydroxyl groups is 1. The predicted molar refractivity (Wildman–Crippen MR) is 73.4 cm³/mol. The van der Waals surface area contributed by atoms with Gasteiger partial charge >= 0.3 is 0 Å². The highest BCUT2D eigenvalue weighted by Crippen LogP contribution is 2.34. The maximum Gasteiger partial charge on any atom is 0.123 e. The van der Waals surface area contributed by atoms with Crippen LogP contribution in [0.4, 0.5) is 4.39 Å². The summed E-state index contributed by atoms with van der Waals surface area (Å²) in [7, 11) is 0. The van der Waals surface area contributed by atoms with Gasteiger partial charge < -0.3 is 10.4 Å². The zero-order valence-electron chi connectivity index (χ0n) is 11.2. The first kappa shape index (κ1) is 13.1. The number of halogens is 1. The molecule has 3 heteroatoms. The molecule has 3 unspecified atom stereocenters. The van der Waals surface area contributed by atoms with E-state index in [9.17, 15) is 9.50 Å². The predicted octanol–water partition coefficient (Wildman–Crippen LogP) is 2.81. The summed E-state index contributed by atoms with van der Waals surface area (Å²) in [6, 6.07) is 5.53. The summed E-state index contributed by atoms with van der Waals surface area (Å²) < 4.78 is 13.2. The molecule has 0 heterocycles. The van der Waals surface area contributed by atoms with Crippen LogP contribution in [0.1, 0.15) is 42.9 Å². The number of aryl methyl sites for hydroxylation is 1. The summed E-state index contributed by atoms with van der Waals surface area (Å²) in [4.78, 5) is 0. The van der Waals surface area contributed by atoms with Gasteiger partial charge in [-0.3, -0.25) is 0 Å². The lowest BCUT2D eigenvalue weighted by atomic mass is 9.96. The van der Waals surface area contributed by atoms with Gasteiger partial charge in [-0.25, -0.2) is 4.39 Å². The van der Waals surface area contributed by atoms with E-state index in [1.807, 2.05) is 6.07 Å². The molecule has 1 fully saturated rings. The fraction of sp³-hybridized carbons (Fsp3) is 0.625. The third-order valence-corrected chi connectivity index (χ3v) is 4.86. The molecular formula is C16H22FNO. The molecule has 0 spiro atoms. The number of nitrogens with one attached hydrogen (secondary N) is 1. The van der Waals surface area contributed by atoms with Gasteiger partial charge in [0.05, 0.1) is 0 Å². The lowest BCUT2D eigenvalue weighted by molar-refractivity contribution is 0.190. The topological polar surface area (TPSA) is 32.3 Å². The van der Waals surface area contributed by atoms with Crippen LogP contribution in [-0.4, -0.2) is 18.3 Å². The molecule has 2 aliphatic carbocycles. The summed E-state index contributed by atoms with van der Waals surface area (Å²) in [6.45, 7) is 1.30. The minimum atomic E-state index is -0.129. The second-order valence-electron chi connectivity index (χ2n) is 5.98. The number of fused-ring (bicyclic) bond motifs is 1. The van der Waals surface area contributed by atoms with Gasteiger partial charge in [0.2, 0.25) is 0 Å². The van der Waals surface area contributed by atoms with Crippen molar-refractivity contribution in [3.63, 3.8) is 0 Å². The van der Waals surface area contributed by atoms with Gasteiger partial charge in [-0.2, -0.15) is 0 Å². The molecule has 1 saturated carbocycles. The quantitative estimate of drug-likeness (QED) is 0.875. The Hall–Kier alpha value is -0.930. The van der Waals surface area contributed by atoms with Gasteiger partial charge in [0.1, 0.15) is 5.82 Å². The molecule has 0 bridgehead atoms. The van der Waals surface area contributed by atoms with E-state index in [1.54, 1.807) is 12.1 Å². The van der Waals surface area contributed by atoms with Crippen molar-refractivity contribution in [2.75, 3.05) is 13.2 Å². The molecule has 19 heavy (non-hydrogen) atoms. The molecule has 0 aliphatic heterocycles. The molecule has 104 valence electrons. The number of rotatable bonds is 4. The van der Waals surface area contributed by atoms with Crippen LogP contribution in [0.3, 0.4) is 0 Å². The molecule has 3 rings (SSSR count). The van der Waals surface area contributed by atoms with Crippen LogP contribution in [0, 0.1) is 17.7 Å². The highest BCUT2D eigenvalue weighted by Gasteiger charge is 2.28. The zero-order chi connectivity index (χ0) is 13.2. The Labute approximate surface area is 114 Å². The maximum atomic E-state index is 13.2. The van der Waals surface area contributed by atoms with Crippen LogP contribution in [0.25, 0.3) is 0 Å². The van der Waals surface area contributed by atoms with Crippen molar-refractivity contribution in [3.05, 3.63) is 35.1 Å². The molecule has 2 aliphatic rings.